The lowest BCUT2D eigenvalue weighted by Crippen LogP contribution is -2.35. The summed E-state index contributed by atoms with van der Waals surface area (Å²) in [5.74, 6) is 0.260. The molecule has 0 fully saturated rings. The second-order valence-electron chi connectivity index (χ2n) is 6.07. The Balaban J connectivity index is 2.44. The van der Waals surface area contributed by atoms with E-state index in [-0.39, 0.29) is 23.8 Å². The van der Waals surface area contributed by atoms with Crippen LogP contribution in [0, 0.1) is 5.41 Å². The molecular formula is C16H24BrNO2. The van der Waals surface area contributed by atoms with Crippen molar-refractivity contribution in [3.63, 3.8) is 0 Å². The van der Waals surface area contributed by atoms with Crippen molar-refractivity contribution in [2.75, 3.05) is 13.2 Å². The molecule has 0 bridgehead atoms. The number of nitrogens with one attached hydrogen (secondary N) is 1. The molecule has 1 rings (SSSR count). The molecule has 0 aliphatic carbocycles. The Kier molecular flexibility index (Phi) is 6.69. The first-order chi connectivity index (χ1) is 9.34. The molecule has 2 N–H and O–H groups in total. The number of carbonyl (C=O) groups excluding carboxylic acids is 1. The van der Waals surface area contributed by atoms with E-state index in [9.17, 15) is 4.79 Å². The normalized spacial score (nSPS) is 13.1. The zero-order valence-corrected chi connectivity index (χ0v) is 14.0. The molecule has 0 heterocycles. The van der Waals surface area contributed by atoms with Gasteiger partial charge in [-0.1, -0.05) is 48.8 Å². The highest BCUT2D eigenvalue weighted by Crippen LogP contribution is 2.22. The minimum absolute atomic E-state index is 0.0615. The zero-order valence-electron chi connectivity index (χ0n) is 12.4. The largest absolute Gasteiger partial charge is 0.396 e. The van der Waals surface area contributed by atoms with Gasteiger partial charge in [-0.05, 0) is 35.4 Å². The van der Waals surface area contributed by atoms with Gasteiger partial charge in [-0.25, -0.2) is 0 Å². The van der Waals surface area contributed by atoms with Crippen molar-refractivity contribution in [1.29, 1.82) is 0 Å². The smallest absolute Gasteiger partial charge is 0.220 e. The lowest BCUT2D eigenvalue weighted by atomic mass is 9.89. The fourth-order valence-electron chi connectivity index (χ4n) is 1.99. The van der Waals surface area contributed by atoms with E-state index in [4.69, 9.17) is 5.11 Å². The van der Waals surface area contributed by atoms with Gasteiger partial charge in [0.1, 0.15) is 0 Å². The van der Waals surface area contributed by atoms with Crippen LogP contribution in [0.1, 0.15) is 45.1 Å². The average molecular weight is 342 g/mol. The lowest BCUT2D eigenvalue weighted by Gasteiger charge is -2.24. The van der Waals surface area contributed by atoms with Crippen molar-refractivity contribution in [2.24, 2.45) is 5.41 Å². The lowest BCUT2D eigenvalue weighted by molar-refractivity contribution is -0.121. The van der Waals surface area contributed by atoms with Crippen molar-refractivity contribution in [3.05, 3.63) is 34.3 Å². The van der Waals surface area contributed by atoms with Crippen molar-refractivity contribution >= 4 is 21.8 Å². The van der Waals surface area contributed by atoms with Crippen LogP contribution in [0.2, 0.25) is 0 Å². The third kappa shape index (κ3) is 6.06. The molecule has 0 spiro atoms. The molecule has 1 amide bonds. The standard InChI is InChI=1S/C16H24BrNO2/c1-12(13-4-6-14(17)7-5-13)10-15(20)18-11-16(2,3)8-9-19/h4-7,12,19H,8-11H2,1-3H3,(H,18,20). The van der Waals surface area contributed by atoms with Crippen molar-refractivity contribution in [3.8, 4) is 0 Å². The van der Waals surface area contributed by atoms with E-state index < -0.39 is 0 Å². The highest BCUT2D eigenvalue weighted by molar-refractivity contribution is 9.10. The van der Waals surface area contributed by atoms with Crippen LogP contribution in [0.4, 0.5) is 0 Å². The summed E-state index contributed by atoms with van der Waals surface area (Å²) in [6.07, 6.45) is 1.17. The Labute approximate surface area is 129 Å². The van der Waals surface area contributed by atoms with Crippen LogP contribution in [0.3, 0.4) is 0 Å². The maximum Gasteiger partial charge on any atom is 0.220 e. The van der Waals surface area contributed by atoms with E-state index in [0.717, 1.165) is 10.0 Å². The van der Waals surface area contributed by atoms with Crippen LogP contribution in [-0.4, -0.2) is 24.2 Å². The fraction of sp³-hybridized carbons (Fsp3) is 0.562. The molecule has 4 heteroatoms. The molecule has 1 aromatic carbocycles. The van der Waals surface area contributed by atoms with Gasteiger partial charge in [0, 0.05) is 24.0 Å². The monoisotopic (exact) mass is 341 g/mol. The molecule has 0 aromatic heterocycles. The minimum atomic E-state index is -0.0642. The summed E-state index contributed by atoms with van der Waals surface area (Å²) < 4.78 is 1.05. The highest BCUT2D eigenvalue weighted by Gasteiger charge is 2.19. The molecule has 112 valence electrons. The maximum atomic E-state index is 12.0. The van der Waals surface area contributed by atoms with Gasteiger partial charge < -0.3 is 10.4 Å². The molecular weight excluding hydrogens is 318 g/mol. The number of amides is 1. The third-order valence-corrected chi connectivity index (χ3v) is 4.01. The summed E-state index contributed by atoms with van der Waals surface area (Å²) in [6, 6.07) is 8.07. The number of aliphatic hydroxyl groups excluding tert-OH is 1. The molecule has 20 heavy (non-hydrogen) atoms. The number of carbonyl (C=O) groups is 1. The van der Waals surface area contributed by atoms with E-state index in [2.05, 4.69) is 28.2 Å². The Morgan fingerprint density at radius 1 is 1.35 bits per heavy atom. The zero-order chi connectivity index (χ0) is 15.2. The first kappa shape index (κ1) is 17.2. The number of benzene rings is 1. The number of aliphatic hydroxyl groups is 1. The van der Waals surface area contributed by atoms with Crippen LogP contribution < -0.4 is 5.32 Å². The van der Waals surface area contributed by atoms with E-state index in [1.165, 1.54) is 0 Å². The average Bonchev–Trinajstić information content (AvgIpc) is 2.37. The second kappa shape index (κ2) is 7.79. The van der Waals surface area contributed by atoms with Gasteiger partial charge >= 0.3 is 0 Å². The quantitative estimate of drug-likeness (QED) is 0.797. The van der Waals surface area contributed by atoms with Gasteiger partial charge in [-0.15, -0.1) is 0 Å². The Hall–Kier alpha value is -0.870. The molecule has 3 nitrogen and oxygen atoms in total. The van der Waals surface area contributed by atoms with Gasteiger partial charge in [-0.2, -0.15) is 0 Å². The summed E-state index contributed by atoms with van der Waals surface area (Å²) in [4.78, 5) is 12.0. The summed E-state index contributed by atoms with van der Waals surface area (Å²) >= 11 is 3.41. The van der Waals surface area contributed by atoms with Gasteiger partial charge in [-0.3, -0.25) is 4.79 Å². The van der Waals surface area contributed by atoms with E-state index in [1.807, 2.05) is 38.1 Å². The van der Waals surface area contributed by atoms with Crippen LogP contribution in [0.15, 0.2) is 28.7 Å². The maximum absolute atomic E-state index is 12.0. The molecule has 0 radical (unpaired) electrons. The SMILES string of the molecule is CC(CC(=O)NCC(C)(C)CCO)c1ccc(Br)cc1. The summed E-state index contributed by atoms with van der Waals surface area (Å²) in [5.41, 5.74) is 1.10. The van der Waals surface area contributed by atoms with E-state index >= 15 is 0 Å². The highest BCUT2D eigenvalue weighted by atomic mass is 79.9. The van der Waals surface area contributed by atoms with Gasteiger partial charge in [0.2, 0.25) is 5.91 Å². The number of halogens is 1. The van der Waals surface area contributed by atoms with Crippen LogP contribution in [-0.2, 0) is 4.79 Å². The second-order valence-corrected chi connectivity index (χ2v) is 6.99. The molecule has 0 saturated heterocycles. The van der Waals surface area contributed by atoms with Gasteiger partial charge in [0.25, 0.3) is 0 Å². The predicted octanol–water partition coefficient (Wildman–Crippen LogP) is 3.47. The van der Waals surface area contributed by atoms with E-state index in [1.54, 1.807) is 0 Å². The van der Waals surface area contributed by atoms with Gasteiger partial charge in [0.15, 0.2) is 0 Å². The topological polar surface area (TPSA) is 49.3 Å². The summed E-state index contributed by atoms with van der Waals surface area (Å²) in [5, 5.41) is 11.9. The van der Waals surface area contributed by atoms with Crippen molar-refractivity contribution < 1.29 is 9.90 Å². The summed E-state index contributed by atoms with van der Waals surface area (Å²) in [6.45, 7) is 6.89. The van der Waals surface area contributed by atoms with Crippen molar-refractivity contribution in [2.45, 2.75) is 39.5 Å². The molecule has 0 aliphatic heterocycles. The molecule has 0 saturated carbocycles. The number of hydrogen-bond donors (Lipinski definition) is 2. The Morgan fingerprint density at radius 2 is 1.95 bits per heavy atom. The fourth-order valence-corrected chi connectivity index (χ4v) is 2.25. The first-order valence-corrected chi connectivity index (χ1v) is 7.76. The molecule has 1 aromatic rings. The van der Waals surface area contributed by atoms with E-state index in [0.29, 0.717) is 19.4 Å². The Bertz CT molecular complexity index is 429. The summed E-state index contributed by atoms with van der Waals surface area (Å²) in [7, 11) is 0. The third-order valence-electron chi connectivity index (χ3n) is 3.48. The number of rotatable bonds is 7. The Morgan fingerprint density at radius 3 is 2.50 bits per heavy atom. The molecule has 1 unspecified atom stereocenters. The van der Waals surface area contributed by atoms with Gasteiger partial charge in [0.05, 0.1) is 0 Å². The van der Waals surface area contributed by atoms with Crippen LogP contribution in [0.5, 0.6) is 0 Å². The predicted molar refractivity (Wildman–Crippen MR) is 85.7 cm³/mol. The molecule has 0 aliphatic rings. The first-order valence-electron chi connectivity index (χ1n) is 6.97. The van der Waals surface area contributed by atoms with Crippen LogP contribution in [0.25, 0.3) is 0 Å². The number of hydrogen-bond acceptors (Lipinski definition) is 2. The van der Waals surface area contributed by atoms with Crippen LogP contribution >= 0.6 is 15.9 Å². The minimum Gasteiger partial charge on any atom is -0.396 e. The molecule has 1 atom stereocenters. The van der Waals surface area contributed by atoms with Crippen molar-refractivity contribution in [1.82, 2.24) is 5.32 Å².